The number of aliphatic carboxylic acids is 1. The number of fused-ring (bicyclic) bond motifs is 2. The SMILES string of the molecule is O=C(O)[C@H](Cc1cccc2c(-c3cccc4c(CN5CCCCC5)cncc34)cccc12)NC(=O)C1(C(F)(F)F)CCN(CC(F)(F)F)CC1. The van der Waals surface area contributed by atoms with Crippen LogP contribution in [0.2, 0.25) is 0 Å². The summed E-state index contributed by atoms with van der Waals surface area (Å²) in [6.45, 7) is 0.254. The Morgan fingerprint density at radius 1 is 0.760 bits per heavy atom. The lowest BCUT2D eigenvalue weighted by Crippen LogP contribution is -2.59. The fraction of sp³-hybridized carbons (Fsp3) is 0.432. The highest BCUT2D eigenvalue weighted by Crippen LogP contribution is 2.47. The summed E-state index contributed by atoms with van der Waals surface area (Å²) in [5, 5.41) is 15.7. The summed E-state index contributed by atoms with van der Waals surface area (Å²) in [6.07, 6.45) is -4.55. The molecule has 266 valence electrons. The molecule has 2 N–H and O–H groups in total. The predicted octanol–water partition coefficient (Wildman–Crippen LogP) is 7.36. The summed E-state index contributed by atoms with van der Waals surface area (Å²) in [5.74, 6) is -3.08. The molecule has 0 spiro atoms. The van der Waals surface area contributed by atoms with E-state index in [9.17, 15) is 41.0 Å². The van der Waals surface area contributed by atoms with E-state index in [1.807, 2.05) is 42.7 Å². The van der Waals surface area contributed by atoms with Gasteiger partial charge in [-0.25, -0.2) is 4.79 Å². The Kier molecular flexibility index (Phi) is 10.1. The molecule has 13 heteroatoms. The van der Waals surface area contributed by atoms with Gasteiger partial charge >= 0.3 is 18.3 Å². The molecule has 0 unspecified atom stereocenters. The van der Waals surface area contributed by atoms with E-state index in [4.69, 9.17) is 0 Å². The minimum atomic E-state index is -5.10. The highest BCUT2D eigenvalue weighted by Gasteiger charge is 2.61. The first-order valence-electron chi connectivity index (χ1n) is 16.7. The number of pyridine rings is 1. The van der Waals surface area contributed by atoms with E-state index in [-0.39, 0.29) is 6.42 Å². The van der Waals surface area contributed by atoms with Gasteiger partial charge in [0.2, 0.25) is 5.91 Å². The van der Waals surface area contributed by atoms with Crippen LogP contribution >= 0.6 is 0 Å². The second kappa shape index (κ2) is 14.2. The van der Waals surface area contributed by atoms with E-state index in [2.05, 4.69) is 21.3 Å². The third-order valence-corrected chi connectivity index (χ3v) is 10.1. The summed E-state index contributed by atoms with van der Waals surface area (Å²) in [7, 11) is 0. The lowest BCUT2D eigenvalue weighted by atomic mass is 9.76. The maximum Gasteiger partial charge on any atom is 0.403 e. The highest BCUT2D eigenvalue weighted by atomic mass is 19.4. The van der Waals surface area contributed by atoms with Gasteiger partial charge < -0.3 is 10.4 Å². The van der Waals surface area contributed by atoms with E-state index >= 15 is 0 Å². The van der Waals surface area contributed by atoms with Crippen LogP contribution in [0.3, 0.4) is 0 Å². The van der Waals surface area contributed by atoms with Crippen molar-refractivity contribution in [2.75, 3.05) is 32.7 Å². The average molecular weight is 701 g/mol. The molecular weight excluding hydrogens is 662 g/mol. The summed E-state index contributed by atoms with van der Waals surface area (Å²) >= 11 is 0. The van der Waals surface area contributed by atoms with E-state index in [1.165, 1.54) is 19.3 Å². The van der Waals surface area contributed by atoms with E-state index in [0.717, 1.165) is 57.4 Å². The number of nitrogens with zero attached hydrogens (tertiary/aromatic N) is 3. The van der Waals surface area contributed by atoms with Gasteiger partial charge in [-0.15, -0.1) is 0 Å². The van der Waals surface area contributed by atoms with Crippen LogP contribution in [0.5, 0.6) is 0 Å². The van der Waals surface area contributed by atoms with Crippen molar-refractivity contribution in [2.24, 2.45) is 5.41 Å². The van der Waals surface area contributed by atoms with Crippen LogP contribution in [-0.4, -0.2) is 82.9 Å². The molecular formula is C37H38F6N4O3. The van der Waals surface area contributed by atoms with Crippen molar-refractivity contribution < 1.29 is 41.0 Å². The van der Waals surface area contributed by atoms with E-state index < -0.39 is 68.2 Å². The summed E-state index contributed by atoms with van der Waals surface area (Å²) < 4.78 is 81.8. The number of alkyl halides is 6. The number of benzene rings is 3. The van der Waals surface area contributed by atoms with Gasteiger partial charge in [0.1, 0.15) is 11.5 Å². The van der Waals surface area contributed by atoms with Crippen molar-refractivity contribution in [1.82, 2.24) is 20.1 Å². The molecule has 1 atom stereocenters. The molecule has 1 amide bonds. The fourth-order valence-corrected chi connectivity index (χ4v) is 7.46. The lowest BCUT2D eigenvalue weighted by Gasteiger charge is -2.42. The van der Waals surface area contributed by atoms with Crippen molar-refractivity contribution in [3.63, 3.8) is 0 Å². The van der Waals surface area contributed by atoms with Crippen LogP contribution in [0.1, 0.15) is 43.2 Å². The Balaban J connectivity index is 1.28. The number of hydrogen-bond acceptors (Lipinski definition) is 5. The lowest BCUT2D eigenvalue weighted by molar-refractivity contribution is -0.236. The quantitative estimate of drug-likeness (QED) is 0.178. The third-order valence-electron chi connectivity index (χ3n) is 10.1. The number of piperidine rings is 2. The highest BCUT2D eigenvalue weighted by molar-refractivity contribution is 6.06. The molecule has 0 saturated carbocycles. The number of carbonyl (C=O) groups excluding carboxylic acids is 1. The van der Waals surface area contributed by atoms with Gasteiger partial charge in [0, 0.05) is 30.7 Å². The second-order valence-corrected chi connectivity index (χ2v) is 13.4. The maximum atomic E-state index is 14.4. The molecule has 6 rings (SSSR count). The number of nitrogens with one attached hydrogen (secondary N) is 1. The molecule has 1 aromatic heterocycles. The van der Waals surface area contributed by atoms with Crippen LogP contribution in [0, 0.1) is 5.41 Å². The molecule has 50 heavy (non-hydrogen) atoms. The molecule has 4 aromatic rings. The normalized spacial score (nSPS) is 18.3. The smallest absolute Gasteiger partial charge is 0.403 e. The summed E-state index contributed by atoms with van der Waals surface area (Å²) in [4.78, 5) is 33.5. The number of carboxylic acid groups (broad SMARTS) is 1. The zero-order chi connectivity index (χ0) is 35.7. The monoisotopic (exact) mass is 700 g/mol. The minimum absolute atomic E-state index is 0.312. The molecule has 0 radical (unpaired) electrons. The fourth-order valence-electron chi connectivity index (χ4n) is 7.46. The second-order valence-electron chi connectivity index (χ2n) is 13.4. The Morgan fingerprint density at radius 2 is 1.36 bits per heavy atom. The van der Waals surface area contributed by atoms with Crippen molar-refractivity contribution >= 4 is 33.4 Å². The van der Waals surface area contributed by atoms with Gasteiger partial charge in [-0.3, -0.25) is 19.6 Å². The van der Waals surface area contributed by atoms with Gasteiger partial charge in [0.15, 0.2) is 0 Å². The standard InChI is InChI=1S/C37H38F6N4O3/c38-36(39,40)23-47-17-13-35(14-18-47,37(41,42)43)34(50)45-32(33(48)49)19-24-7-4-10-28-26(24)8-5-11-29(28)30-12-6-9-27-25(20-44-21-31(27)30)22-46-15-2-1-3-16-46/h4-12,20-21,32H,1-3,13-19,22-23H2,(H,45,50)(H,48,49)/t32-/m0/s1. The topological polar surface area (TPSA) is 85.8 Å². The van der Waals surface area contributed by atoms with Crippen LogP contribution < -0.4 is 5.32 Å². The number of rotatable bonds is 9. The largest absolute Gasteiger partial charge is 0.480 e. The number of hydrogen-bond donors (Lipinski definition) is 2. The number of halogens is 6. The van der Waals surface area contributed by atoms with Crippen LogP contribution in [0.15, 0.2) is 67.0 Å². The number of carboxylic acids is 1. The Labute approximate surface area is 285 Å². The number of amides is 1. The molecule has 2 aliphatic rings. The number of likely N-dealkylation sites (tertiary alicyclic amines) is 2. The maximum absolute atomic E-state index is 14.4. The average Bonchev–Trinajstić information content (AvgIpc) is 3.07. The molecule has 2 fully saturated rings. The van der Waals surface area contributed by atoms with Gasteiger partial charge in [-0.2, -0.15) is 26.3 Å². The van der Waals surface area contributed by atoms with Crippen molar-refractivity contribution in [3.8, 4) is 11.1 Å². The number of aromatic nitrogens is 1. The summed E-state index contributed by atoms with van der Waals surface area (Å²) in [6, 6.07) is 15.2. The molecule has 3 aromatic carbocycles. The molecule has 2 aliphatic heterocycles. The molecule has 3 heterocycles. The van der Waals surface area contributed by atoms with Crippen LogP contribution in [-0.2, 0) is 22.6 Å². The molecule has 0 aliphatic carbocycles. The molecule has 0 bridgehead atoms. The molecule has 2 saturated heterocycles. The summed E-state index contributed by atoms with van der Waals surface area (Å²) in [5.41, 5.74) is 0.399. The Morgan fingerprint density at radius 3 is 1.98 bits per heavy atom. The van der Waals surface area contributed by atoms with Gasteiger partial charge in [-0.05, 0) is 90.3 Å². The van der Waals surface area contributed by atoms with Gasteiger partial charge in [0.05, 0.1) is 6.54 Å². The first-order chi connectivity index (χ1) is 23.8. The molecule has 7 nitrogen and oxygen atoms in total. The van der Waals surface area contributed by atoms with Crippen molar-refractivity contribution in [2.45, 2.75) is 63.5 Å². The zero-order valence-corrected chi connectivity index (χ0v) is 27.3. The van der Waals surface area contributed by atoms with Crippen molar-refractivity contribution in [3.05, 3.63) is 78.1 Å². The van der Waals surface area contributed by atoms with Gasteiger partial charge in [-0.1, -0.05) is 61.0 Å². The van der Waals surface area contributed by atoms with Crippen molar-refractivity contribution in [1.29, 1.82) is 0 Å². The zero-order valence-electron chi connectivity index (χ0n) is 27.3. The van der Waals surface area contributed by atoms with Crippen LogP contribution in [0.4, 0.5) is 26.3 Å². The first-order valence-corrected chi connectivity index (χ1v) is 16.7. The minimum Gasteiger partial charge on any atom is -0.480 e. The number of carbonyl (C=O) groups is 2. The Hall–Kier alpha value is -4.23. The van der Waals surface area contributed by atoms with Crippen LogP contribution in [0.25, 0.3) is 32.7 Å². The third kappa shape index (κ3) is 7.44. The Bertz CT molecular complexity index is 1860. The first kappa shape index (κ1) is 35.6. The van der Waals surface area contributed by atoms with Gasteiger partial charge in [0.25, 0.3) is 0 Å². The van der Waals surface area contributed by atoms with E-state index in [1.54, 1.807) is 18.2 Å². The van der Waals surface area contributed by atoms with E-state index in [0.29, 0.717) is 10.9 Å². The predicted molar refractivity (Wildman–Crippen MR) is 177 cm³/mol.